The number of anilines is 1. The monoisotopic (exact) mass is 313 g/mol. The van der Waals surface area contributed by atoms with E-state index in [0.29, 0.717) is 6.04 Å². The van der Waals surface area contributed by atoms with Crippen LogP contribution in [0.4, 0.5) is 9.52 Å². The molecule has 0 saturated carbocycles. The van der Waals surface area contributed by atoms with Gasteiger partial charge < -0.3 is 4.90 Å². The van der Waals surface area contributed by atoms with E-state index in [1.807, 2.05) is 12.3 Å². The van der Waals surface area contributed by atoms with Crippen molar-refractivity contribution in [3.8, 4) is 0 Å². The smallest absolute Gasteiger partial charge is 0.186 e. The number of rotatable bonds is 3. The van der Waals surface area contributed by atoms with Crippen LogP contribution in [0.1, 0.15) is 18.4 Å². The third-order valence-electron chi connectivity index (χ3n) is 4.16. The molecule has 1 aliphatic rings. The molecule has 112 valence electrons. The lowest BCUT2D eigenvalue weighted by atomic mass is 10.1. The van der Waals surface area contributed by atoms with Gasteiger partial charge in [-0.3, -0.25) is 4.98 Å². The number of pyridine rings is 1. The van der Waals surface area contributed by atoms with Crippen molar-refractivity contribution in [1.29, 1.82) is 0 Å². The van der Waals surface area contributed by atoms with Crippen LogP contribution in [0.3, 0.4) is 0 Å². The Labute approximate surface area is 132 Å². The minimum Gasteiger partial charge on any atom is -0.345 e. The summed E-state index contributed by atoms with van der Waals surface area (Å²) < 4.78 is 14.3. The topological polar surface area (TPSA) is 29.0 Å². The van der Waals surface area contributed by atoms with Gasteiger partial charge in [0.15, 0.2) is 5.13 Å². The van der Waals surface area contributed by atoms with Crippen LogP contribution >= 0.6 is 11.3 Å². The molecule has 0 radical (unpaired) electrons. The zero-order chi connectivity index (χ0) is 14.9. The molecule has 0 amide bonds. The summed E-state index contributed by atoms with van der Waals surface area (Å²) in [7, 11) is 0. The highest BCUT2D eigenvalue weighted by Crippen LogP contribution is 2.34. The zero-order valence-electron chi connectivity index (χ0n) is 12.1. The third kappa shape index (κ3) is 2.57. The molecule has 1 aromatic carbocycles. The van der Waals surface area contributed by atoms with Crippen molar-refractivity contribution >= 4 is 26.7 Å². The zero-order valence-corrected chi connectivity index (χ0v) is 12.9. The Bertz CT molecular complexity index is 787. The van der Waals surface area contributed by atoms with Crippen molar-refractivity contribution in [2.75, 3.05) is 11.4 Å². The molecule has 0 aliphatic carbocycles. The summed E-state index contributed by atoms with van der Waals surface area (Å²) in [4.78, 5) is 11.3. The molecule has 3 aromatic rings. The van der Waals surface area contributed by atoms with Gasteiger partial charge in [-0.2, -0.15) is 0 Å². The van der Waals surface area contributed by atoms with Crippen molar-refractivity contribution in [2.24, 2.45) is 0 Å². The number of thiazole rings is 1. The molecule has 3 heterocycles. The lowest BCUT2D eigenvalue weighted by Crippen LogP contribution is -2.30. The van der Waals surface area contributed by atoms with Crippen LogP contribution in [-0.4, -0.2) is 22.6 Å². The van der Waals surface area contributed by atoms with E-state index < -0.39 is 0 Å². The Kier molecular flexibility index (Phi) is 3.50. The molecule has 3 nitrogen and oxygen atoms in total. The predicted octanol–water partition coefficient (Wildman–Crippen LogP) is 4.04. The normalized spacial score (nSPS) is 18.2. The number of hydrogen-bond acceptors (Lipinski definition) is 4. The maximum absolute atomic E-state index is 13.3. The van der Waals surface area contributed by atoms with Crippen molar-refractivity contribution < 1.29 is 4.39 Å². The maximum atomic E-state index is 13.3. The first-order valence-electron chi connectivity index (χ1n) is 7.51. The van der Waals surface area contributed by atoms with Crippen molar-refractivity contribution in [3.63, 3.8) is 0 Å². The summed E-state index contributed by atoms with van der Waals surface area (Å²) in [6.45, 7) is 1.02. The van der Waals surface area contributed by atoms with Gasteiger partial charge in [0.05, 0.1) is 10.2 Å². The Balaban J connectivity index is 1.61. The fourth-order valence-electron chi connectivity index (χ4n) is 3.10. The van der Waals surface area contributed by atoms with Gasteiger partial charge in [0, 0.05) is 25.0 Å². The Hall–Kier alpha value is -2.01. The van der Waals surface area contributed by atoms with Crippen molar-refractivity contribution in [3.05, 3.63) is 54.1 Å². The SMILES string of the molecule is Fc1ccc2nc(N3CCCC3Cc3cccnc3)sc2c1. The molecular weight excluding hydrogens is 297 g/mol. The average Bonchev–Trinajstić information content (AvgIpc) is 3.14. The van der Waals surface area contributed by atoms with E-state index in [0.717, 1.165) is 28.3 Å². The number of nitrogens with zero attached hydrogens (tertiary/aromatic N) is 3. The van der Waals surface area contributed by atoms with Crippen LogP contribution in [0.5, 0.6) is 0 Å². The number of benzene rings is 1. The molecule has 1 aliphatic heterocycles. The van der Waals surface area contributed by atoms with Gasteiger partial charge in [0.2, 0.25) is 0 Å². The molecule has 22 heavy (non-hydrogen) atoms. The van der Waals surface area contributed by atoms with Crippen molar-refractivity contribution in [2.45, 2.75) is 25.3 Å². The quantitative estimate of drug-likeness (QED) is 0.730. The van der Waals surface area contributed by atoms with Crippen molar-refractivity contribution in [1.82, 2.24) is 9.97 Å². The lowest BCUT2D eigenvalue weighted by molar-refractivity contribution is 0.630. The Morgan fingerprint density at radius 1 is 1.32 bits per heavy atom. The summed E-state index contributed by atoms with van der Waals surface area (Å²) in [6, 6.07) is 9.36. The summed E-state index contributed by atoms with van der Waals surface area (Å²) >= 11 is 1.58. The molecule has 1 atom stereocenters. The average molecular weight is 313 g/mol. The predicted molar refractivity (Wildman–Crippen MR) is 87.9 cm³/mol. The summed E-state index contributed by atoms with van der Waals surface area (Å²) in [5, 5.41) is 1.01. The van der Waals surface area contributed by atoms with E-state index in [9.17, 15) is 4.39 Å². The molecule has 5 heteroatoms. The molecule has 2 aromatic heterocycles. The summed E-state index contributed by atoms with van der Waals surface area (Å²) in [5.74, 6) is -0.198. The van der Waals surface area contributed by atoms with Crippen LogP contribution < -0.4 is 4.90 Å². The highest BCUT2D eigenvalue weighted by Gasteiger charge is 2.27. The van der Waals surface area contributed by atoms with E-state index in [-0.39, 0.29) is 5.82 Å². The van der Waals surface area contributed by atoms with Crippen LogP contribution in [0.15, 0.2) is 42.7 Å². The number of fused-ring (bicyclic) bond motifs is 1. The van der Waals surface area contributed by atoms with E-state index in [1.54, 1.807) is 29.7 Å². The minimum atomic E-state index is -0.198. The third-order valence-corrected chi connectivity index (χ3v) is 5.21. The fraction of sp³-hybridized carbons (Fsp3) is 0.294. The molecule has 1 saturated heterocycles. The van der Waals surface area contributed by atoms with Crippen LogP contribution in [0.2, 0.25) is 0 Å². The van der Waals surface area contributed by atoms with Crippen LogP contribution in [0, 0.1) is 5.82 Å². The van der Waals surface area contributed by atoms with Gasteiger partial charge in [0.25, 0.3) is 0 Å². The lowest BCUT2D eigenvalue weighted by Gasteiger charge is -2.23. The first-order valence-corrected chi connectivity index (χ1v) is 8.33. The summed E-state index contributed by atoms with van der Waals surface area (Å²) in [6.07, 6.45) is 7.06. The molecule has 4 rings (SSSR count). The van der Waals surface area contributed by atoms with Gasteiger partial charge in [-0.15, -0.1) is 0 Å². The van der Waals surface area contributed by atoms with Gasteiger partial charge in [-0.1, -0.05) is 17.4 Å². The standard InChI is InChI=1S/C17H16FN3S/c18-13-5-6-15-16(10-13)22-17(20-15)21-8-2-4-14(21)9-12-3-1-7-19-11-12/h1,3,5-7,10-11,14H,2,4,8-9H2. The second-order valence-electron chi connectivity index (χ2n) is 5.66. The van der Waals surface area contributed by atoms with Gasteiger partial charge in [0.1, 0.15) is 5.82 Å². The number of halogens is 1. The largest absolute Gasteiger partial charge is 0.345 e. The highest BCUT2D eigenvalue weighted by molar-refractivity contribution is 7.22. The second kappa shape index (κ2) is 5.65. The first kappa shape index (κ1) is 13.6. The summed E-state index contributed by atoms with van der Waals surface area (Å²) in [5.41, 5.74) is 2.14. The Morgan fingerprint density at radius 2 is 2.27 bits per heavy atom. The van der Waals surface area contributed by atoms with Gasteiger partial charge >= 0.3 is 0 Å². The van der Waals surface area contributed by atoms with E-state index in [2.05, 4.69) is 20.9 Å². The molecule has 0 N–H and O–H groups in total. The van der Waals surface area contributed by atoms with Gasteiger partial charge in [-0.05, 0) is 49.1 Å². The fourth-order valence-corrected chi connectivity index (χ4v) is 4.19. The second-order valence-corrected chi connectivity index (χ2v) is 6.67. The maximum Gasteiger partial charge on any atom is 0.186 e. The molecule has 1 unspecified atom stereocenters. The number of hydrogen-bond donors (Lipinski definition) is 0. The minimum absolute atomic E-state index is 0.198. The molecule has 0 bridgehead atoms. The Morgan fingerprint density at radius 3 is 3.14 bits per heavy atom. The van der Waals surface area contributed by atoms with Crippen LogP contribution in [0.25, 0.3) is 10.2 Å². The molecule has 1 fully saturated rings. The van der Waals surface area contributed by atoms with Crippen LogP contribution in [-0.2, 0) is 6.42 Å². The first-order chi connectivity index (χ1) is 10.8. The highest BCUT2D eigenvalue weighted by atomic mass is 32.1. The molecular formula is C17H16FN3S. The van der Waals surface area contributed by atoms with Gasteiger partial charge in [-0.25, -0.2) is 9.37 Å². The molecule has 0 spiro atoms. The van der Waals surface area contributed by atoms with E-state index in [1.165, 1.54) is 24.5 Å². The van der Waals surface area contributed by atoms with E-state index >= 15 is 0 Å². The number of aromatic nitrogens is 2. The van der Waals surface area contributed by atoms with E-state index in [4.69, 9.17) is 0 Å².